The Kier molecular flexibility index (Phi) is 9.96. The lowest BCUT2D eigenvalue weighted by Gasteiger charge is -2.20. The van der Waals surface area contributed by atoms with Gasteiger partial charge in [-0.1, -0.05) is 25.1 Å². The second kappa shape index (κ2) is 11.7. The van der Waals surface area contributed by atoms with Crippen LogP contribution in [-0.2, 0) is 32.1 Å². The predicted octanol–water partition coefficient (Wildman–Crippen LogP) is 3.69. The summed E-state index contributed by atoms with van der Waals surface area (Å²) in [6.07, 6.45) is 4.49. The van der Waals surface area contributed by atoms with Crippen LogP contribution in [0.25, 0.3) is 0 Å². The van der Waals surface area contributed by atoms with Crippen LogP contribution in [0.4, 0.5) is 0 Å². The predicted molar refractivity (Wildman–Crippen MR) is 103 cm³/mol. The zero-order valence-corrected chi connectivity index (χ0v) is 16.5. The zero-order valence-electron chi connectivity index (χ0n) is 16.5. The Morgan fingerprint density at radius 3 is 2.50 bits per heavy atom. The molecule has 0 aliphatic carbocycles. The summed E-state index contributed by atoms with van der Waals surface area (Å²) in [6.45, 7) is 6.79. The van der Waals surface area contributed by atoms with Crippen LogP contribution >= 0.6 is 0 Å². The number of nitrogens with two attached hydrogens (primary N) is 1. The van der Waals surface area contributed by atoms with E-state index in [2.05, 4.69) is 36.8 Å². The van der Waals surface area contributed by atoms with Gasteiger partial charge >= 0.3 is 5.97 Å². The van der Waals surface area contributed by atoms with Crippen molar-refractivity contribution in [2.24, 2.45) is 11.7 Å². The lowest BCUT2D eigenvalue weighted by molar-refractivity contribution is -0.140. The lowest BCUT2D eigenvalue weighted by atomic mass is 9.99. The van der Waals surface area contributed by atoms with Gasteiger partial charge in [-0.25, -0.2) is 0 Å². The number of amides is 1. The molecular weight excluding hydrogens is 330 g/mol. The van der Waals surface area contributed by atoms with E-state index in [4.69, 9.17) is 10.5 Å². The van der Waals surface area contributed by atoms with E-state index in [-0.39, 0.29) is 23.9 Å². The van der Waals surface area contributed by atoms with Crippen LogP contribution < -0.4 is 5.73 Å². The third-order valence-corrected chi connectivity index (χ3v) is 4.87. The monoisotopic (exact) mass is 363 g/mol. The van der Waals surface area contributed by atoms with Gasteiger partial charge in [0.05, 0.1) is 19.8 Å². The fourth-order valence-corrected chi connectivity index (χ4v) is 2.81. The van der Waals surface area contributed by atoms with Crippen LogP contribution in [0.2, 0.25) is 0 Å². The molecule has 0 spiro atoms. The Labute approximate surface area is 157 Å². The number of hydrogen-bond donors (Lipinski definition) is 1. The van der Waals surface area contributed by atoms with Crippen LogP contribution in [0, 0.1) is 12.8 Å². The number of aryl methyl sites for hydroxylation is 2. The molecule has 5 heteroatoms. The highest BCUT2D eigenvalue weighted by Gasteiger charge is 2.14. The molecule has 0 heterocycles. The number of carbonyl (C=O) groups is 2. The van der Waals surface area contributed by atoms with Gasteiger partial charge in [0.25, 0.3) is 0 Å². The van der Waals surface area contributed by atoms with Gasteiger partial charge < -0.3 is 15.2 Å². The largest absolute Gasteiger partial charge is 0.469 e. The zero-order chi connectivity index (χ0) is 19.5. The highest BCUT2D eigenvalue weighted by atomic mass is 16.5. The molecule has 0 unspecified atom stereocenters. The number of primary amides is 1. The van der Waals surface area contributed by atoms with Crippen LogP contribution in [0.15, 0.2) is 18.2 Å². The molecule has 1 aromatic rings. The maximum Gasteiger partial charge on any atom is 0.305 e. The molecule has 1 amide bonds. The Morgan fingerprint density at radius 1 is 1.15 bits per heavy atom. The summed E-state index contributed by atoms with van der Waals surface area (Å²) >= 11 is 0. The fourth-order valence-electron chi connectivity index (χ4n) is 2.81. The number of carbonyl (C=O) groups excluding carboxylic acids is 2. The number of rotatable bonds is 12. The molecule has 2 atom stereocenters. The van der Waals surface area contributed by atoms with Crippen molar-refractivity contribution in [3.8, 4) is 0 Å². The van der Waals surface area contributed by atoms with Crippen molar-refractivity contribution >= 4 is 11.9 Å². The molecule has 1 aromatic carbocycles. The molecule has 0 fully saturated rings. The molecule has 0 aromatic heterocycles. The number of methoxy groups -OCH3 is 1. The maximum atomic E-state index is 11.1. The Bertz CT molecular complexity index is 585. The van der Waals surface area contributed by atoms with E-state index in [1.54, 1.807) is 0 Å². The standard InChI is InChI=1S/C21H33NO4/c1-15(9-12-20(22)23)17(3)26-14-18-10-11-19(16(2)13-18)7-5-6-8-21(24)25-4/h10-11,13,15,17H,5-9,12,14H2,1-4H3,(H2,22,23)/t15-,17+/m0/s1. The summed E-state index contributed by atoms with van der Waals surface area (Å²) in [7, 11) is 1.42. The molecule has 146 valence electrons. The van der Waals surface area contributed by atoms with Gasteiger partial charge in [0.15, 0.2) is 0 Å². The highest BCUT2D eigenvalue weighted by Crippen LogP contribution is 2.18. The Balaban J connectivity index is 2.41. The van der Waals surface area contributed by atoms with Crippen LogP contribution in [0.5, 0.6) is 0 Å². The Morgan fingerprint density at radius 2 is 1.88 bits per heavy atom. The van der Waals surface area contributed by atoms with E-state index in [9.17, 15) is 9.59 Å². The smallest absolute Gasteiger partial charge is 0.305 e. The third-order valence-electron chi connectivity index (χ3n) is 4.87. The molecule has 0 radical (unpaired) electrons. The molecule has 1 rings (SSSR count). The second-order valence-electron chi connectivity index (χ2n) is 7.04. The van der Waals surface area contributed by atoms with Gasteiger partial charge in [0.2, 0.25) is 5.91 Å². The van der Waals surface area contributed by atoms with Crippen LogP contribution in [0.3, 0.4) is 0 Å². The van der Waals surface area contributed by atoms with E-state index < -0.39 is 0 Å². The Hall–Kier alpha value is -1.88. The fraction of sp³-hybridized carbons (Fsp3) is 0.619. The third kappa shape index (κ3) is 8.48. The summed E-state index contributed by atoms with van der Waals surface area (Å²) < 4.78 is 10.6. The summed E-state index contributed by atoms with van der Waals surface area (Å²) in [4.78, 5) is 22.0. The first-order chi connectivity index (χ1) is 12.3. The van der Waals surface area contributed by atoms with E-state index in [1.807, 2.05) is 6.92 Å². The summed E-state index contributed by atoms with van der Waals surface area (Å²) in [5.41, 5.74) is 8.90. The van der Waals surface area contributed by atoms with E-state index in [0.29, 0.717) is 19.4 Å². The summed E-state index contributed by atoms with van der Waals surface area (Å²) in [5.74, 6) is -0.118. The molecule has 0 saturated carbocycles. The summed E-state index contributed by atoms with van der Waals surface area (Å²) in [6, 6.07) is 6.41. The maximum absolute atomic E-state index is 11.1. The average molecular weight is 363 g/mol. The van der Waals surface area contributed by atoms with Crippen molar-refractivity contribution < 1.29 is 19.1 Å². The number of unbranched alkanes of at least 4 members (excludes halogenated alkanes) is 1. The number of esters is 1. The highest BCUT2D eigenvalue weighted by molar-refractivity contribution is 5.73. The van der Waals surface area contributed by atoms with Gasteiger partial charge in [-0.3, -0.25) is 9.59 Å². The number of benzene rings is 1. The minimum Gasteiger partial charge on any atom is -0.469 e. The second-order valence-corrected chi connectivity index (χ2v) is 7.04. The van der Waals surface area contributed by atoms with Crippen molar-refractivity contribution in [3.63, 3.8) is 0 Å². The van der Waals surface area contributed by atoms with Gasteiger partial charge in [-0.15, -0.1) is 0 Å². The van der Waals surface area contributed by atoms with Crippen LogP contribution in [0.1, 0.15) is 62.6 Å². The van der Waals surface area contributed by atoms with Crippen molar-refractivity contribution in [2.75, 3.05) is 7.11 Å². The normalized spacial score (nSPS) is 13.2. The van der Waals surface area contributed by atoms with Gasteiger partial charge in [-0.05, 0) is 62.1 Å². The van der Waals surface area contributed by atoms with E-state index in [0.717, 1.165) is 31.2 Å². The average Bonchev–Trinajstić information content (AvgIpc) is 2.62. The molecule has 26 heavy (non-hydrogen) atoms. The first-order valence-corrected chi connectivity index (χ1v) is 9.38. The van der Waals surface area contributed by atoms with E-state index in [1.165, 1.54) is 18.2 Å². The van der Waals surface area contributed by atoms with Crippen LogP contribution in [-0.4, -0.2) is 25.1 Å². The first kappa shape index (κ1) is 22.2. The number of hydrogen-bond acceptors (Lipinski definition) is 4. The first-order valence-electron chi connectivity index (χ1n) is 9.38. The van der Waals surface area contributed by atoms with E-state index >= 15 is 0 Å². The summed E-state index contributed by atoms with van der Waals surface area (Å²) in [5, 5.41) is 0. The molecule has 0 bridgehead atoms. The lowest BCUT2D eigenvalue weighted by Crippen LogP contribution is -2.20. The molecule has 2 N–H and O–H groups in total. The molecule has 0 aliphatic rings. The quantitative estimate of drug-likeness (QED) is 0.454. The molecular formula is C21H33NO4. The van der Waals surface area contributed by atoms with Crippen molar-refractivity contribution in [1.29, 1.82) is 0 Å². The SMILES string of the molecule is COC(=O)CCCCc1ccc(CO[C@H](C)[C@@H](C)CCC(N)=O)cc1C. The van der Waals surface area contributed by atoms with Crippen molar-refractivity contribution in [3.05, 3.63) is 34.9 Å². The topological polar surface area (TPSA) is 78.6 Å². The minimum absolute atomic E-state index is 0.0765. The molecule has 5 nitrogen and oxygen atoms in total. The van der Waals surface area contributed by atoms with Gasteiger partial charge in [0.1, 0.15) is 0 Å². The van der Waals surface area contributed by atoms with Gasteiger partial charge in [0, 0.05) is 12.8 Å². The minimum atomic E-state index is -0.262. The van der Waals surface area contributed by atoms with Crippen molar-refractivity contribution in [2.45, 2.75) is 72.0 Å². The molecule has 0 saturated heterocycles. The van der Waals surface area contributed by atoms with Gasteiger partial charge in [-0.2, -0.15) is 0 Å². The molecule has 0 aliphatic heterocycles. The number of ether oxygens (including phenoxy) is 2. The van der Waals surface area contributed by atoms with Crippen molar-refractivity contribution in [1.82, 2.24) is 0 Å².